The lowest BCUT2D eigenvalue weighted by atomic mass is 10.1. The van der Waals surface area contributed by atoms with Crippen molar-refractivity contribution in [3.05, 3.63) is 36.0 Å². The van der Waals surface area contributed by atoms with Gasteiger partial charge in [-0.3, -0.25) is 4.98 Å². The summed E-state index contributed by atoms with van der Waals surface area (Å²) in [5, 5.41) is 1.25. The van der Waals surface area contributed by atoms with Gasteiger partial charge in [0.1, 0.15) is 0 Å². The second-order valence-electron chi connectivity index (χ2n) is 4.48. The zero-order valence-corrected chi connectivity index (χ0v) is 9.61. The number of nitrogens with zero attached hydrogens (tertiary/aromatic N) is 2. The first-order valence-electron chi connectivity index (χ1n) is 5.96. The number of fused-ring (bicyclic) bond motifs is 1. The molecule has 1 aliphatic rings. The maximum Gasteiger partial charge on any atom is 0.0706 e. The van der Waals surface area contributed by atoms with Gasteiger partial charge in [-0.2, -0.15) is 0 Å². The molecule has 82 valence electrons. The van der Waals surface area contributed by atoms with Crippen LogP contribution in [0.1, 0.15) is 18.5 Å². The summed E-state index contributed by atoms with van der Waals surface area (Å²) in [4.78, 5) is 7.13. The summed E-state index contributed by atoms with van der Waals surface area (Å²) in [7, 11) is 0. The first-order valence-corrected chi connectivity index (χ1v) is 5.96. The number of hydrogen-bond donors (Lipinski definition) is 0. The lowest BCUT2D eigenvalue weighted by Gasteiger charge is -2.20. The van der Waals surface area contributed by atoms with Crippen LogP contribution in [0.5, 0.6) is 0 Å². The lowest BCUT2D eigenvalue weighted by Crippen LogP contribution is -2.19. The van der Waals surface area contributed by atoms with Crippen LogP contribution in [0.25, 0.3) is 10.9 Å². The maximum absolute atomic E-state index is 4.68. The van der Waals surface area contributed by atoms with Crippen LogP contribution >= 0.6 is 0 Å². The molecule has 0 unspecified atom stereocenters. The van der Waals surface area contributed by atoms with E-state index in [1.165, 1.54) is 37.0 Å². The topological polar surface area (TPSA) is 16.1 Å². The number of anilines is 1. The van der Waals surface area contributed by atoms with E-state index >= 15 is 0 Å². The Bertz CT molecular complexity index is 513. The Morgan fingerprint density at radius 1 is 1.12 bits per heavy atom. The predicted octanol–water partition coefficient (Wildman–Crippen LogP) is 3.14. The van der Waals surface area contributed by atoms with Gasteiger partial charge >= 0.3 is 0 Å². The van der Waals surface area contributed by atoms with Gasteiger partial charge in [0.05, 0.1) is 16.9 Å². The second kappa shape index (κ2) is 3.78. The molecule has 2 aromatic rings. The third kappa shape index (κ3) is 1.54. The molecule has 0 atom stereocenters. The van der Waals surface area contributed by atoms with Crippen molar-refractivity contribution in [2.24, 2.45) is 0 Å². The van der Waals surface area contributed by atoms with Crippen LogP contribution in [0.2, 0.25) is 0 Å². The third-order valence-corrected chi connectivity index (χ3v) is 3.33. The largest absolute Gasteiger partial charge is 0.370 e. The highest BCUT2D eigenvalue weighted by atomic mass is 15.1. The van der Waals surface area contributed by atoms with Gasteiger partial charge in [-0.25, -0.2) is 0 Å². The Hall–Kier alpha value is -1.57. The molecule has 2 heteroatoms. The van der Waals surface area contributed by atoms with Crippen molar-refractivity contribution >= 4 is 16.6 Å². The second-order valence-corrected chi connectivity index (χ2v) is 4.48. The SMILES string of the molecule is Cc1nc2ccccc2cc1N1CCCC1. The molecule has 0 N–H and O–H groups in total. The van der Waals surface area contributed by atoms with E-state index in [0.717, 1.165) is 11.2 Å². The number of para-hydroxylation sites is 1. The molecule has 1 aromatic carbocycles. The number of benzene rings is 1. The standard InChI is InChI=1S/C14H16N2/c1-11-14(16-8-4-5-9-16)10-12-6-2-3-7-13(12)15-11/h2-3,6-7,10H,4-5,8-9H2,1H3. The molecule has 2 nitrogen and oxygen atoms in total. The minimum atomic E-state index is 1.10. The molecule has 0 spiro atoms. The molecule has 16 heavy (non-hydrogen) atoms. The number of hydrogen-bond acceptors (Lipinski definition) is 2. The van der Waals surface area contributed by atoms with Gasteiger partial charge in [0, 0.05) is 18.5 Å². The quantitative estimate of drug-likeness (QED) is 0.722. The molecule has 0 aliphatic carbocycles. The molecule has 1 saturated heterocycles. The van der Waals surface area contributed by atoms with E-state index in [2.05, 4.69) is 41.1 Å². The van der Waals surface area contributed by atoms with Gasteiger partial charge in [0.2, 0.25) is 0 Å². The fraction of sp³-hybridized carbons (Fsp3) is 0.357. The van der Waals surface area contributed by atoms with E-state index < -0.39 is 0 Å². The number of pyridine rings is 1. The number of aromatic nitrogens is 1. The molecule has 2 heterocycles. The van der Waals surface area contributed by atoms with Gasteiger partial charge in [0.25, 0.3) is 0 Å². The van der Waals surface area contributed by atoms with E-state index in [4.69, 9.17) is 0 Å². The van der Waals surface area contributed by atoms with E-state index in [1.807, 2.05) is 6.07 Å². The van der Waals surface area contributed by atoms with Crippen LogP contribution in [0.15, 0.2) is 30.3 Å². The number of rotatable bonds is 1. The third-order valence-electron chi connectivity index (χ3n) is 3.33. The molecule has 0 saturated carbocycles. The van der Waals surface area contributed by atoms with Gasteiger partial charge in [-0.05, 0) is 31.9 Å². The Morgan fingerprint density at radius 2 is 1.88 bits per heavy atom. The van der Waals surface area contributed by atoms with Crippen molar-refractivity contribution in [3.63, 3.8) is 0 Å². The van der Waals surface area contributed by atoms with Crippen LogP contribution in [-0.2, 0) is 0 Å². The van der Waals surface area contributed by atoms with Crippen molar-refractivity contribution in [3.8, 4) is 0 Å². The first-order chi connectivity index (χ1) is 7.84. The number of aryl methyl sites for hydroxylation is 1. The summed E-state index contributed by atoms with van der Waals surface area (Å²) in [6.07, 6.45) is 2.62. The van der Waals surface area contributed by atoms with Crippen molar-refractivity contribution in [2.75, 3.05) is 18.0 Å². The van der Waals surface area contributed by atoms with E-state index in [1.54, 1.807) is 0 Å². The minimum Gasteiger partial charge on any atom is -0.370 e. The molecule has 1 aromatic heterocycles. The van der Waals surface area contributed by atoms with Crippen LogP contribution in [0.4, 0.5) is 5.69 Å². The minimum absolute atomic E-state index is 1.10. The zero-order chi connectivity index (χ0) is 11.0. The fourth-order valence-corrected chi connectivity index (χ4v) is 2.48. The molecule has 0 bridgehead atoms. The monoisotopic (exact) mass is 212 g/mol. The fourth-order valence-electron chi connectivity index (χ4n) is 2.48. The lowest BCUT2D eigenvalue weighted by molar-refractivity contribution is 0.949. The van der Waals surface area contributed by atoms with Gasteiger partial charge in [-0.15, -0.1) is 0 Å². The Labute approximate surface area is 95.9 Å². The van der Waals surface area contributed by atoms with Crippen molar-refractivity contribution in [1.29, 1.82) is 0 Å². The molecule has 1 aliphatic heterocycles. The van der Waals surface area contributed by atoms with E-state index in [0.29, 0.717) is 0 Å². The van der Waals surface area contributed by atoms with Gasteiger partial charge < -0.3 is 4.90 Å². The highest BCUT2D eigenvalue weighted by molar-refractivity contribution is 5.82. The van der Waals surface area contributed by atoms with Crippen LogP contribution in [0, 0.1) is 6.92 Å². The van der Waals surface area contributed by atoms with E-state index in [9.17, 15) is 0 Å². The normalized spacial score (nSPS) is 15.9. The Morgan fingerprint density at radius 3 is 2.69 bits per heavy atom. The molecule has 3 rings (SSSR count). The summed E-state index contributed by atoms with van der Waals surface area (Å²) in [5.41, 5.74) is 3.57. The zero-order valence-electron chi connectivity index (χ0n) is 9.61. The summed E-state index contributed by atoms with van der Waals surface area (Å²) >= 11 is 0. The van der Waals surface area contributed by atoms with Crippen LogP contribution in [-0.4, -0.2) is 18.1 Å². The maximum atomic E-state index is 4.68. The van der Waals surface area contributed by atoms with Gasteiger partial charge in [-0.1, -0.05) is 18.2 Å². The predicted molar refractivity (Wildman–Crippen MR) is 67.9 cm³/mol. The molecule has 0 amide bonds. The highest BCUT2D eigenvalue weighted by Gasteiger charge is 2.15. The summed E-state index contributed by atoms with van der Waals surface area (Å²) in [6.45, 7) is 4.47. The average molecular weight is 212 g/mol. The van der Waals surface area contributed by atoms with Crippen molar-refractivity contribution in [1.82, 2.24) is 4.98 Å². The molecular formula is C14H16N2. The summed E-state index contributed by atoms with van der Waals surface area (Å²) in [6, 6.07) is 10.6. The summed E-state index contributed by atoms with van der Waals surface area (Å²) < 4.78 is 0. The molecular weight excluding hydrogens is 196 g/mol. The molecule has 0 radical (unpaired) electrons. The first kappa shape index (κ1) is 9.64. The van der Waals surface area contributed by atoms with Crippen LogP contribution < -0.4 is 4.90 Å². The van der Waals surface area contributed by atoms with Gasteiger partial charge in [0.15, 0.2) is 0 Å². The summed E-state index contributed by atoms with van der Waals surface area (Å²) in [5.74, 6) is 0. The smallest absolute Gasteiger partial charge is 0.0706 e. The van der Waals surface area contributed by atoms with Crippen molar-refractivity contribution < 1.29 is 0 Å². The Kier molecular flexibility index (Phi) is 2.28. The van der Waals surface area contributed by atoms with Crippen molar-refractivity contribution in [2.45, 2.75) is 19.8 Å². The van der Waals surface area contributed by atoms with E-state index in [-0.39, 0.29) is 0 Å². The molecule has 1 fully saturated rings. The highest BCUT2D eigenvalue weighted by Crippen LogP contribution is 2.26. The Balaban J connectivity index is 2.13. The average Bonchev–Trinajstić information content (AvgIpc) is 2.81. The van der Waals surface area contributed by atoms with Crippen LogP contribution in [0.3, 0.4) is 0 Å².